The molecule has 3 amide bonds. The van der Waals surface area contributed by atoms with Crippen molar-refractivity contribution in [1.82, 2.24) is 10.4 Å². The third kappa shape index (κ3) is 2.38. The molecular weight excluding hydrogens is 214 g/mol. The maximum Gasteiger partial charge on any atom is 0.359 e. The van der Waals surface area contributed by atoms with Gasteiger partial charge in [-0.05, 0) is 12.1 Å². The molecule has 7 nitrogen and oxygen atoms in total. The van der Waals surface area contributed by atoms with Crippen LogP contribution in [0.2, 0.25) is 0 Å². The average molecular weight is 223 g/mol. The zero-order valence-corrected chi connectivity index (χ0v) is 8.25. The van der Waals surface area contributed by atoms with Gasteiger partial charge in [-0.25, -0.2) is 4.79 Å². The lowest BCUT2D eigenvalue weighted by molar-refractivity contribution is -0.141. The van der Waals surface area contributed by atoms with Crippen LogP contribution in [-0.4, -0.2) is 29.8 Å². The summed E-state index contributed by atoms with van der Waals surface area (Å²) in [7, 11) is 0. The summed E-state index contributed by atoms with van der Waals surface area (Å²) in [6, 6.07) is 2.77. The van der Waals surface area contributed by atoms with Crippen molar-refractivity contribution in [2.45, 2.75) is 6.42 Å². The van der Waals surface area contributed by atoms with Crippen molar-refractivity contribution in [2.75, 3.05) is 6.54 Å². The maximum atomic E-state index is 11.2. The lowest BCUT2D eigenvalue weighted by atomic mass is 10.3. The number of nitrogens with zero attached hydrogens (tertiary/aromatic N) is 2. The molecule has 7 heteroatoms. The van der Waals surface area contributed by atoms with Crippen LogP contribution in [0, 0.1) is 0 Å². The fourth-order valence-corrected chi connectivity index (χ4v) is 1.12. The van der Waals surface area contributed by atoms with Gasteiger partial charge in [0.2, 0.25) is 5.91 Å². The molecule has 1 aromatic rings. The van der Waals surface area contributed by atoms with Crippen LogP contribution in [-0.2, 0) is 9.73 Å². The summed E-state index contributed by atoms with van der Waals surface area (Å²) >= 11 is 0. The lowest BCUT2D eigenvalue weighted by Gasteiger charge is -2.21. The monoisotopic (exact) mass is 223 g/mol. The minimum atomic E-state index is -0.618. The molecule has 0 spiro atoms. The number of urea groups is 1. The van der Waals surface area contributed by atoms with Crippen molar-refractivity contribution in [3.8, 4) is 0 Å². The number of carbonyl (C=O) groups excluding carboxylic acids is 2. The van der Waals surface area contributed by atoms with E-state index in [4.69, 9.17) is 9.36 Å². The summed E-state index contributed by atoms with van der Waals surface area (Å²) in [5.41, 5.74) is 0. The molecule has 0 bridgehead atoms. The molecule has 1 N–H and O–H groups in total. The van der Waals surface area contributed by atoms with E-state index in [1.165, 1.54) is 12.5 Å². The van der Waals surface area contributed by atoms with E-state index < -0.39 is 6.03 Å². The Labute approximate surface area is 90.6 Å². The van der Waals surface area contributed by atoms with Gasteiger partial charge in [0.05, 0.1) is 12.8 Å². The number of oxime groups is 1. The van der Waals surface area contributed by atoms with Gasteiger partial charge >= 0.3 is 6.03 Å². The van der Waals surface area contributed by atoms with Crippen LogP contribution in [0.1, 0.15) is 12.2 Å². The van der Waals surface area contributed by atoms with Gasteiger partial charge in [-0.15, -0.1) is 5.06 Å². The highest BCUT2D eigenvalue weighted by atomic mass is 16.8. The van der Waals surface area contributed by atoms with Crippen LogP contribution in [0.25, 0.3) is 0 Å². The summed E-state index contributed by atoms with van der Waals surface area (Å²) in [5, 5.41) is 6.61. The number of carbonyl (C=O) groups is 2. The number of hydroxylamine groups is 2. The molecule has 0 aromatic carbocycles. The van der Waals surface area contributed by atoms with Crippen molar-refractivity contribution < 1.29 is 18.9 Å². The molecule has 0 aliphatic carbocycles. The molecule has 0 atom stereocenters. The number of rotatable bonds is 3. The molecule has 1 saturated heterocycles. The first-order valence-electron chi connectivity index (χ1n) is 4.61. The lowest BCUT2D eigenvalue weighted by Crippen LogP contribution is -2.48. The van der Waals surface area contributed by atoms with Gasteiger partial charge in [0.15, 0.2) is 0 Å². The van der Waals surface area contributed by atoms with Crippen molar-refractivity contribution in [1.29, 1.82) is 0 Å². The van der Waals surface area contributed by atoms with Gasteiger partial charge in [0.25, 0.3) is 0 Å². The van der Waals surface area contributed by atoms with Crippen molar-refractivity contribution in [3.63, 3.8) is 0 Å². The van der Waals surface area contributed by atoms with E-state index in [2.05, 4.69) is 10.5 Å². The highest BCUT2D eigenvalue weighted by molar-refractivity contribution is 5.96. The topological polar surface area (TPSA) is 84.1 Å². The molecule has 1 aliphatic rings. The molecular formula is C9H9N3O4. The predicted molar refractivity (Wildman–Crippen MR) is 52.2 cm³/mol. The highest BCUT2D eigenvalue weighted by Gasteiger charge is 2.24. The highest BCUT2D eigenvalue weighted by Crippen LogP contribution is 2.02. The van der Waals surface area contributed by atoms with E-state index in [0.717, 1.165) is 5.06 Å². The molecule has 1 aliphatic heterocycles. The van der Waals surface area contributed by atoms with Crippen LogP contribution in [0.3, 0.4) is 0 Å². The molecule has 1 fully saturated rings. The van der Waals surface area contributed by atoms with E-state index in [-0.39, 0.29) is 18.9 Å². The normalized spacial score (nSPS) is 16.6. The second-order valence-electron chi connectivity index (χ2n) is 3.04. The number of hydrogen-bond donors (Lipinski definition) is 1. The van der Waals surface area contributed by atoms with Crippen LogP contribution in [0.4, 0.5) is 4.79 Å². The fourth-order valence-electron chi connectivity index (χ4n) is 1.12. The van der Waals surface area contributed by atoms with E-state index in [0.29, 0.717) is 5.76 Å². The minimum Gasteiger partial charge on any atom is -0.463 e. The standard InChI is InChI=1S/C9H9N3O4/c13-8-3-4-12(9(14)11-8)16-10-6-7-2-1-5-15-7/h1-2,5-6H,3-4H2,(H,11,13,14)/b10-6-. The smallest absolute Gasteiger partial charge is 0.359 e. The summed E-state index contributed by atoms with van der Waals surface area (Å²) < 4.78 is 4.96. The number of furan rings is 1. The Morgan fingerprint density at radius 1 is 1.56 bits per heavy atom. The molecule has 16 heavy (non-hydrogen) atoms. The number of hydrogen-bond acceptors (Lipinski definition) is 5. The van der Waals surface area contributed by atoms with Gasteiger partial charge in [0.1, 0.15) is 12.0 Å². The van der Waals surface area contributed by atoms with Gasteiger partial charge < -0.3 is 4.42 Å². The van der Waals surface area contributed by atoms with E-state index in [9.17, 15) is 9.59 Å². The number of amides is 3. The van der Waals surface area contributed by atoms with Crippen LogP contribution in [0.15, 0.2) is 28.0 Å². The maximum absolute atomic E-state index is 11.2. The van der Waals surface area contributed by atoms with E-state index in [1.807, 2.05) is 0 Å². The average Bonchev–Trinajstić information content (AvgIpc) is 2.74. The number of nitrogens with one attached hydrogen (secondary N) is 1. The van der Waals surface area contributed by atoms with Crippen molar-refractivity contribution >= 4 is 18.2 Å². The minimum absolute atomic E-state index is 0.181. The molecule has 2 rings (SSSR count). The molecule has 0 saturated carbocycles. The van der Waals surface area contributed by atoms with Crippen molar-refractivity contribution in [3.05, 3.63) is 24.2 Å². The van der Waals surface area contributed by atoms with Crippen molar-refractivity contribution in [2.24, 2.45) is 5.16 Å². The summed E-state index contributed by atoms with van der Waals surface area (Å²) in [6.07, 6.45) is 3.01. The van der Waals surface area contributed by atoms with E-state index >= 15 is 0 Å². The fraction of sp³-hybridized carbons (Fsp3) is 0.222. The first-order chi connectivity index (χ1) is 7.75. The molecule has 0 unspecified atom stereocenters. The van der Waals surface area contributed by atoms with E-state index in [1.54, 1.807) is 12.1 Å². The summed E-state index contributed by atoms with van der Waals surface area (Å²) in [6.45, 7) is 0.181. The zero-order valence-electron chi connectivity index (χ0n) is 8.25. The molecule has 0 radical (unpaired) electrons. The first-order valence-corrected chi connectivity index (χ1v) is 4.61. The Bertz CT molecular complexity index is 412. The largest absolute Gasteiger partial charge is 0.463 e. The van der Waals surface area contributed by atoms with Crippen LogP contribution >= 0.6 is 0 Å². The molecule has 1 aromatic heterocycles. The third-order valence-corrected chi connectivity index (χ3v) is 1.88. The second-order valence-corrected chi connectivity index (χ2v) is 3.04. The Morgan fingerprint density at radius 2 is 2.44 bits per heavy atom. The van der Waals surface area contributed by atoms with Gasteiger partial charge in [-0.2, -0.15) is 0 Å². The van der Waals surface area contributed by atoms with Crippen LogP contribution < -0.4 is 5.32 Å². The van der Waals surface area contributed by atoms with Gasteiger partial charge in [0, 0.05) is 6.42 Å². The SMILES string of the molecule is O=C1CCN(O/N=C\c2ccco2)C(=O)N1. The zero-order chi connectivity index (χ0) is 11.4. The molecule has 84 valence electrons. The third-order valence-electron chi connectivity index (χ3n) is 1.88. The quantitative estimate of drug-likeness (QED) is 0.596. The Kier molecular flexibility index (Phi) is 2.86. The first kappa shape index (κ1) is 10.2. The Morgan fingerprint density at radius 3 is 3.12 bits per heavy atom. The Hall–Kier alpha value is -2.31. The number of imide groups is 1. The van der Waals surface area contributed by atoms with Crippen LogP contribution in [0.5, 0.6) is 0 Å². The second kappa shape index (κ2) is 4.47. The predicted octanol–water partition coefficient (Wildman–Crippen LogP) is 0.487. The van der Waals surface area contributed by atoms with Gasteiger partial charge in [-0.1, -0.05) is 5.16 Å². The van der Waals surface area contributed by atoms with Gasteiger partial charge in [-0.3, -0.25) is 15.0 Å². The Balaban J connectivity index is 1.86. The summed E-state index contributed by atoms with van der Waals surface area (Å²) in [5.74, 6) is 0.188. The molecule has 2 heterocycles. The summed E-state index contributed by atoms with van der Waals surface area (Å²) in [4.78, 5) is 26.8.